The second kappa shape index (κ2) is 4.80. The summed E-state index contributed by atoms with van der Waals surface area (Å²) in [6.07, 6.45) is -2.63. The van der Waals surface area contributed by atoms with Crippen molar-refractivity contribution in [1.82, 2.24) is 4.98 Å². The van der Waals surface area contributed by atoms with Gasteiger partial charge in [0.05, 0.1) is 5.56 Å². The monoisotopic (exact) mass is 395 g/mol. The second-order valence-corrected chi connectivity index (χ2v) is 4.53. The molecule has 0 saturated heterocycles. The molecule has 0 radical (unpaired) electrons. The summed E-state index contributed by atoms with van der Waals surface area (Å²) in [4.78, 5) is 14.4. The van der Waals surface area contributed by atoms with E-state index >= 15 is 0 Å². The number of pyridine rings is 1. The van der Waals surface area contributed by atoms with Crippen LogP contribution in [-0.2, 0) is 0 Å². The van der Waals surface area contributed by atoms with Crippen LogP contribution in [0.3, 0.4) is 0 Å². The van der Waals surface area contributed by atoms with Crippen molar-refractivity contribution >= 4 is 55.4 Å². The summed E-state index contributed by atoms with van der Waals surface area (Å²) in [6, 6.07) is 1.18. The third-order valence-electron chi connectivity index (χ3n) is 1.38. The topological polar surface area (TPSA) is 30.0 Å². The maximum atomic E-state index is 12.3. The van der Waals surface area contributed by atoms with E-state index in [0.717, 1.165) is 0 Å². The van der Waals surface area contributed by atoms with Gasteiger partial charge in [0.15, 0.2) is 0 Å². The number of halogens is 5. The van der Waals surface area contributed by atoms with Gasteiger partial charge in [0.2, 0.25) is 0 Å². The van der Waals surface area contributed by atoms with Crippen molar-refractivity contribution in [3.8, 4) is 0 Å². The summed E-state index contributed by atoms with van der Waals surface area (Å²) in [5.74, 6) is 0. The van der Waals surface area contributed by atoms with Crippen molar-refractivity contribution in [2.45, 2.75) is 6.43 Å². The van der Waals surface area contributed by atoms with Crippen LogP contribution in [0, 0.1) is 3.57 Å². The maximum absolute atomic E-state index is 12.3. The zero-order valence-electron chi connectivity index (χ0n) is 6.40. The van der Waals surface area contributed by atoms with Gasteiger partial charge in [0.25, 0.3) is 11.7 Å². The standard InChI is InChI=1S/C7H2BrClF2INO/c8-5-2(7(10)11)1-3(12)4(13-5)6(9)14/h1,7H. The van der Waals surface area contributed by atoms with Gasteiger partial charge >= 0.3 is 0 Å². The Bertz CT molecular complexity index is 388. The summed E-state index contributed by atoms with van der Waals surface area (Å²) >= 11 is 9.77. The second-order valence-electron chi connectivity index (χ2n) is 2.27. The molecule has 0 aliphatic rings. The smallest absolute Gasteiger partial charge is 0.271 e. The quantitative estimate of drug-likeness (QED) is 0.433. The summed E-state index contributed by atoms with van der Waals surface area (Å²) in [5, 5.41) is -0.768. The van der Waals surface area contributed by atoms with Gasteiger partial charge < -0.3 is 0 Å². The highest BCUT2D eigenvalue weighted by atomic mass is 127. The van der Waals surface area contributed by atoms with Crippen molar-refractivity contribution in [3.05, 3.63) is 25.5 Å². The molecule has 0 N–H and O–H groups in total. The van der Waals surface area contributed by atoms with Gasteiger partial charge in [-0.05, 0) is 56.2 Å². The maximum Gasteiger partial charge on any atom is 0.271 e. The molecule has 0 aliphatic carbocycles. The lowest BCUT2D eigenvalue weighted by molar-refractivity contribution is 0.107. The lowest BCUT2D eigenvalue weighted by Crippen LogP contribution is -2.02. The molecule has 0 saturated carbocycles. The van der Waals surface area contributed by atoms with Crippen LogP contribution < -0.4 is 0 Å². The molecule has 1 rings (SSSR count). The third kappa shape index (κ3) is 2.60. The predicted molar refractivity (Wildman–Crippen MR) is 59.8 cm³/mol. The summed E-state index contributed by atoms with van der Waals surface area (Å²) < 4.78 is 24.9. The Kier molecular flexibility index (Phi) is 4.20. The molecule has 0 amide bonds. The van der Waals surface area contributed by atoms with Crippen molar-refractivity contribution in [3.63, 3.8) is 0 Å². The highest BCUT2D eigenvalue weighted by Gasteiger charge is 2.18. The molecular weight excluding hydrogens is 394 g/mol. The van der Waals surface area contributed by atoms with E-state index in [-0.39, 0.29) is 15.9 Å². The first kappa shape index (κ1) is 12.3. The number of carbonyl (C=O) groups excluding carboxylic acids is 1. The number of hydrogen-bond acceptors (Lipinski definition) is 2. The molecule has 0 aliphatic heterocycles. The van der Waals surface area contributed by atoms with Crippen molar-refractivity contribution < 1.29 is 13.6 Å². The first-order valence-electron chi connectivity index (χ1n) is 3.27. The van der Waals surface area contributed by atoms with Crippen LogP contribution in [0.4, 0.5) is 8.78 Å². The van der Waals surface area contributed by atoms with Crippen LogP contribution in [0.15, 0.2) is 10.7 Å². The van der Waals surface area contributed by atoms with E-state index in [1.165, 1.54) is 6.07 Å². The molecule has 0 spiro atoms. The van der Waals surface area contributed by atoms with Crippen LogP contribution in [0.5, 0.6) is 0 Å². The van der Waals surface area contributed by atoms with Gasteiger partial charge in [0.1, 0.15) is 10.3 Å². The fourth-order valence-corrected chi connectivity index (χ4v) is 2.24. The average Bonchev–Trinajstić information content (AvgIpc) is 2.07. The minimum atomic E-state index is -2.63. The van der Waals surface area contributed by atoms with Gasteiger partial charge in [0, 0.05) is 3.57 Å². The fraction of sp³-hybridized carbons (Fsp3) is 0.143. The summed E-state index contributed by atoms with van der Waals surface area (Å²) in [6.45, 7) is 0. The first-order valence-corrected chi connectivity index (χ1v) is 5.52. The van der Waals surface area contributed by atoms with Crippen LogP contribution in [0.25, 0.3) is 0 Å². The third-order valence-corrected chi connectivity index (χ3v) is 3.01. The molecule has 7 heteroatoms. The van der Waals surface area contributed by atoms with E-state index in [1.807, 2.05) is 0 Å². The zero-order chi connectivity index (χ0) is 10.9. The van der Waals surface area contributed by atoms with Crippen LogP contribution in [0.1, 0.15) is 22.5 Å². The largest absolute Gasteiger partial charge is 0.274 e. The number of rotatable bonds is 2. The lowest BCUT2D eigenvalue weighted by atomic mass is 10.2. The van der Waals surface area contributed by atoms with Gasteiger partial charge in [-0.15, -0.1) is 0 Å². The minimum absolute atomic E-state index is 0.0245. The number of aromatic nitrogens is 1. The minimum Gasteiger partial charge on any atom is -0.274 e. The van der Waals surface area contributed by atoms with Crippen LogP contribution in [0.2, 0.25) is 0 Å². The van der Waals surface area contributed by atoms with Crippen LogP contribution in [-0.4, -0.2) is 10.2 Å². The van der Waals surface area contributed by atoms with Crippen molar-refractivity contribution in [2.75, 3.05) is 0 Å². The van der Waals surface area contributed by atoms with E-state index in [9.17, 15) is 13.6 Å². The highest BCUT2D eigenvalue weighted by molar-refractivity contribution is 14.1. The molecule has 1 heterocycles. The molecule has 1 aromatic rings. The number of carbonyl (C=O) groups is 1. The molecule has 0 fully saturated rings. The van der Waals surface area contributed by atoms with E-state index in [4.69, 9.17) is 11.6 Å². The molecular formula is C7H2BrClF2INO. The average molecular weight is 396 g/mol. The van der Waals surface area contributed by atoms with Gasteiger partial charge in [-0.3, -0.25) is 4.79 Å². The molecule has 14 heavy (non-hydrogen) atoms. The zero-order valence-corrected chi connectivity index (χ0v) is 10.9. The SMILES string of the molecule is O=C(Cl)c1nc(Br)c(C(F)F)cc1I. The highest BCUT2D eigenvalue weighted by Crippen LogP contribution is 2.28. The number of hydrogen-bond donors (Lipinski definition) is 0. The molecule has 76 valence electrons. The van der Waals surface area contributed by atoms with Crippen molar-refractivity contribution in [2.24, 2.45) is 0 Å². The van der Waals surface area contributed by atoms with E-state index < -0.39 is 11.7 Å². The lowest BCUT2D eigenvalue weighted by Gasteiger charge is -2.05. The number of alkyl halides is 2. The molecule has 0 bridgehead atoms. The summed E-state index contributed by atoms with van der Waals surface area (Å²) in [7, 11) is 0. The van der Waals surface area contributed by atoms with Gasteiger partial charge in [-0.1, -0.05) is 0 Å². The predicted octanol–water partition coefficient (Wildman–Crippen LogP) is 3.77. The van der Waals surface area contributed by atoms with Crippen LogP contribution >= 0.6 is 50.1 Å². The van der Waals surface area contributed by atoms with Crippen molar-refractivity contribution in [1.29, 1.82) is 0 Å². The molecule has 0 atom stereocenters. The molecule has 0 aromatic carbocycles. The van der Waals surface area contributed by atoms with Gasteiger partial charge in [-0.25, -0.2) is 13.8 Å². The van der Waals surface area contributed by atoms with Gasteiger partial charge in [-0.2, -0.15) is 0 Å². The normalized spacial score (nSPS) is 10.7. The fourth-order valence-electron chi connectivity index (χ4n) is 0.771. The van der Waals surface area contributed by atoms with E-state index in [0.29, 0.717) is 3.57 Å². The van der Waals surface area contributed by atoms with E-state index in [1.54, 1.807) is 22.6 Å². The Morgan fingerprint density at radius 2 is 2.21 bits per heavy atom. The Morgan fingerprint density at radius 1 is 1.64 bits per heavy atom. The number of nitrogens with zero attached hydrogens (tertiary/aromatic N) is 1. The Hall–Kier alpha value is 0.180. The summed E-state index contributed by atoms with van der Waals surface area (Å²) in [5.41, 5.74) is -0.278. The Balaban J connectivity index is 3.31. The Morgan fingerprint density at radius 3 is 2.64 bits per heavy atom. The molecule has 1 aromatic heterocycles. The molecule has 2 nitrogen and oxygen atoms in total. The Labute approximate surface area is 105 Å². The molecule has 0 unspecified atom stereocenters. The first-order chi connectivity index (χ1) is 6.43. The van der Waals surface area contributed by atoms with E-state index in [2.05, 4.69) is 20.9 Å².